The highest BCUT2D eigenvalue weighted by molar-refractivity contribution is 6.37. The first-order chi connectivity index (χ1) is 12.0. The van der Waals surface area contributed by atoms with Crippen LogP contribution >= 0.6 is 46.4 Å². The van der Waals surface area contributed by atoms with Crippen LogP contribution in [-0.2, 0) is 4.74 Å². The van der Waals surface area contributed by atoms with Gasteiger partial charge in [0.15, 0.2) is 25.1 Å². The van der Waals surface area contributed by atoms with E-state index in [-0.39, 0.29) is 45.2 Å². The van der Waals surface area contributed by atoms with Crippen LogP contribution in [0, 0.1) is 22.7 Å². The molecule has 0 saturated heterocycles. The minimum atomic E-state index is -0.211. The number of rotatable bonds is 6. The van der Waals surface area contributed by atoms with Crippen molar-refractivity contribution < 1.29 is 14.2 Å². The van der Waals surface area contributed by atoms with E-state index in [1.165, 1.54) is 24.3 Å². The molecule has 0 bridgehead atoms. The zero-order chi connectivity index (χ0) is 18.4. The number of hydrogen-bond donors (Lipinski definition) is 0. The Kier molecular flexibility index (Phi) is 7.01. The van der Waals surface area contributed by atoms with Crippen LogP contribution in [0.4, 0.5) is 0 Å². The number of ether oxygens (including phenoxy) is 3. The van der Waals surface area contributed by atoms with Crippen molar-refractivity contribution in [1.82, 2.24) is 0 Å². The van der Waals surface area contributed by atoms with Gasteiger partial charge in [-0.2, -0.15) is 10.5 Å². The van der Waals surface area contributed by atoms with E-state index in [1.807, 2.05) is 12.1 Å². The molecule has 0 aliphatic rings. The zero-order valence-electron chi connectivity index (χ0n) is 12.4. The highest BCUT2D eigenvalue weighted by atomic mass is 35.5. The summed E-state index contributed by atoms with van der Waals surface area (Å²) >= 11 is 23.9. The van der Waals surface area contributed by atoms with Crippen LogP contribution in [0.25, 0.3) is 0 Å². The molecule has 0 amide bonds. The summed E-state index contributed by atoms with van der Waals surface area (Å²) in [4.78, 5) is 0. The third-order valence-corrected chi connectivity index (χ3v) is 3.95. The highest BCUT2D eigenvalue weighted by Crippen LogP contribution is 2.35. The largest absolute Gasteiger partial charge is 0.464 e. The average molecular weight is 418 g/mol. The SMILES string of the molecule is N#Cc1cc(Cl)c(OCOCOc2c(Cl)cc(C#N)cc2Cl)c(Cl)c1. The lowest BCUT2D eigenvalue weighted by molar-refractivity contribution is -0.0535. The Morgan fingerprint density at radius 1 is 0.680 bits per heavy atom. The Morgan fingerprint density at radius 3 is 1.28 bits per heavy atom. The maximum absolute atomic E-state index is 8.82. The minimum absolute atomic E-state index is 0.187. The predicted molar refractivity (Wildman–Crippen MR) is 94.4 cm³/mol. The summed E-state index contributed by atoms with van der Waals surface area (Å²) in [5.74, 6) is 0.383. The molecule has 0 unspecified atom stereocenters. The lowest BCUT2D eigenvalue weighted by atomic mass is 10.2. The van der Waals surface area contributed by atoms with Gasteiger partial charge >= 0.3 is 0 Å². The van der Waals surface area contributed by atoms with Crippen LogP contribution in [0.5, 0.6) is 11.5 Å². The Morgan fingerprint density at radius 2 is 1.00 bits per heavy atom. The first-order valence-electron chi connectivity index (χ1n) is 6.58. The lowest BCUT2D eigenvalue weighted by Crippen LogP contribution is -2.09. The van der Waals surface area contributed by atoms with E-state index >= 15 is 0 Å². The zero-order valence-corrected chi connectivity index (χ0v) is 15.4. The predicted octanol–water partition coefficient (Wildman–Crippen LogP) is 5.43. The van der Waals surface area contributed by atoms with E-state index in [2.05, 4.69) is 0 Å². The van der Waals surface area contributed by atoms with E-state index in [0.29, 0.717) is 11.1 Å². The van der Waals surface area contributed by atoms with Crippen molar-refractivity contribution in [2.45, 2.75) is 0 Å². The van der Waals surface area contributed by atoms with E-state index in [0.717, 1.165) is 0 Å². The van der Waals surface area contributed by atoms with Gasteiger partial charge in [0.1, 0.15) is 0 Å². The second-order valence-corrected chi connectivity index (χ2v) is 6.12. The maximum Gasteiger partial charge on any atom is 0.192 e. The fourth-order valence-corrected chi connectivity index (χ4v) is 2.95. The second kappa shape index (κ2) is 9.01. The summed E-state index contributed by atoms with van der Waals surface area (Å²) in [6.45, 7) is -0.423. The molecule has 5 nitrogen and oxygen atoms in total. The molecule has 0 N–H and O–H groups in total. The minimum Gasteiger partial charge on any atom is -0.464 e. The molecule has 0 aliphatic carbocycles. The standard InChI is InChI=1S/C16H8Cl4N2O3/c17-11-1-9(5-21)2-12(18)15(11)24-7-23-8-25-16-13(19)3-10(6-22)4-14(16)20/h1-4H,7-8H2. The van der Waals surface area contributed by atoms with Gasteiger partial charge in [-0.25, -0.2) is 0 Å². The summed E-state index contributed by atoms with van der Waals surface area (Å²) in [7, 11) is 0. The molecule has 2 rings (SSSR count). The van der Waals surface area contributed by atoms with E-state index < -0.39 is 0 Å². The van der Waals surface area contributed by atoms with Crippen molar-refractivity contribution in [2.75, 3.05) is 13.6 Å². The smallest absolute Gasteiger partial charge is 0.192 e. The van der Waals surface area contributed by atoms with Crippen molar-refractivity contribution in [2.24, 2.45) is 0 Å². The van der Waals surface area contributed by atoms with Crippen LogP contribution in [0.2, 0.25) is 20.1 Å². The van der Waals surface area contributed by atoms with Crippen LogP contribution in [-0.4, -0.2) is 13.6 Å². The normalized spacial score (nSPS) is 10.0. The summed E-state index contributed by atoms with van der Waals surface area (Å²) in [5.41, 5.74) is 0.633. The molecule has 128 valence electrons. The third-order valence-electron chi connectivity index (χ3n) is 2.83. The topological polar surface area (TPSA) is 75.3 Å². The van der Waals surface area contributed by atoms with Gasteiger partial charge in [-0.1, -0.05) is 46.4 Å². The Labute approximate surface area is 163 Å². The molecule has 0 aromatic heterocycles. The number of halogens is 4. The molecule has 0 atom stereocenters. The van der Waals surface area contributed by atoms with Gasteiger partial charge in [-0.05, 0) is 24.3 Å². The molecular formula is C16H8Cl4N2O3. The summed E-state index contributed by atoms with van der Waals surface area (Å²) < 4.78 is 15.8. The molecule has 0 radical (unpaired) electrons. The van der Waals surface area contributed by atoms with Crippen LogP contribution in [0.15, 0.2) is 24.3 Å². The molecule has 0 aliphatic heterocycles. The lowest BCUT2D eigenvalue weighted by Gasteiger charge is -2.12. The van der Waals surface area contributed by atoms with E-state index in [9.17, 15) is 0 Å². The molecule has 2 aromatic rings. The molecule has 25 heavy (non-hydrogen) atoms. The summed E-state index contributed by atoms with van der Waals surface area (Å²) in [6.07, 6.45) is 0. The van der Waals surface area contributed by atoms with Gasteiger partial charge in [0.2, 0.25) is 0 Å². The van der Waals surface area contributed by atoms with Gasteiger partial charge in [-0.15, -0.1) is 0 Å². The molecule has 0 heterocycles. The monoisotopic (exact) mass is 416 g/mol. The Hall–Kier alpha value is -1.86. The average Bonchev–Trinajstić information content (AvgIpc) is 2.58. The van der Waals surface area contributed by atoms with Crippen molar-refractivity contribution >= 4 is 46.4 Å². The summed E-state index contributed by atoms with van der Waals surface area (Å²) in [5, 5.41) is 18.4. The van der Waals surface area contributed by atoms with E-state index in [4.69, 9.17) is 71.1 Å². The van der Waals surface area contributed by atoms with Gasteiger partial charge in [0, 0.05) is 0 Å². The number of benzene rings is 2. The molecule has 0 fully saturated rings. The van der Waals surface area contributed by atoms with Crippen molar-refractivity contribution in [3.63, 3.8) is 0 Å². The molecule has 2 aromatic carbocycles. The Balaban J connectivity index is 1.89. The second-order valence-electron chi connectivity index (χ2n) is 4.49. The van der Waals surface area contributed by atoms with Gasteiger partial charge in [-0.3, -0.25) is 0 Å². The fraction of sp³-hybridized carbons (Fsp3) is 0.125. The highest BCUT2D eigenvalue weighted by Gasteiger charge is 2.11. The van der Waals surface area contributed by atoms with Crippen LogP contribution in [0.1, 0.15) is 11.1 Å². The number of nitrogens with zero attached hydrogens (tertiary/aromatic N) is 2. The first-order valence-corrected chi connectivity index (χ1v) is 8.09. The Bertz CT molecular complexity index is 757. The third kappa shape index (κ3) is 5.06. The van der Waals surface area contributed by atoms with Crippen LogP contribution < -0.4 is 9.47 Å². The van der Waals surface area contributed by atoms with Crippen LogP contribution in [0.3, 0.4) is 0 Å². The maximum atomic E-state index is 8.82. The molecule has 9 heteroatoms. The molecular weight excluding hydrogens is 410 g/mol. The molecule has 0 saturated carbocycles. The van der Waals surface area contributed by atoms with Crippen molar-refractivity contribution in [3.8, 4) is 23.6 Å². The number of nitriles is 2. The van der Waals surface area contributed by atoms with Gasteiger partial charge in [0.05, 0.1) is 43.4 Å². The first kappa shape index (κ1) is 19.5. The summed E-state index contributed by atoms with van der Waals surface area (Å²) in [6, 6.07) is 9.56. The van der Waals surface area contributed by atoms with Crippen molar-refractivity contribution in [3.05, 3.63) is 55.5 Å². The molecule has 0 spiro atoms. The van der Waals surface area contributed by atoms with Gasteiger partial charge < -0.3 is 14.2 Å². The van der Waals surface area contributed by atoms with Crippen molar-refractivity contribution in [1.29, 1.82) is 10.5 Å². The van der Waals surface area contributed by atoms with Gasteiger partial charge in [0.25, 0.3) is 0 Å². The fourth-order valence-electron chi connectivity index (χ4n) is 1.76. The quantitative estimate of drug-likeness (QED) is 0.462. The van der Waals surface area contributed by atoms with E-state index in [1.54, 1.807) is 0 Å². The number of hydrogen-bond acceptors (Lipinski definition) is 5.